The van der Waals surface area contributed by atoms with E-state index >= 15 is 0 Å². The van der Waals surface area contributed by atoms with Crippen LogP contribution in [0, 0.1) is 0 Å². The molecule has 4 rings (SSSR count). The first kappa shape index (κ1) is 16.1. The van der Waals surface area contributed by atoms with Crippen LogP contribution in [-0.2, 0) is 0 Å². The fraction of sp³-hybridized carbons (Fsp3) is 0.176. The molecule has 1 fully saturated rings. The molecule has 126 valence electrons. The van der Waals surface area contributed by atoms with Gasteiger partial charge in [-0.05, 0) is 30.3 Å². The number of rotatable bonds is 3. The Bertz CT molecular complexity index is 923. The van der Waals surface area contributed by atoms with Crippen molar-refractivity contribution in [1.82, 2.24) is 20.0 Å². The molecule has 1 amide bonds. The van der Waals surface area contributed by atoms with Crippen LogP contribution in [0.15, 0.2) is 47.2 Å². The summed E-state index contributed by atoms with van der Waals surface area (Å²) in [4.78, 5) is 22.6. The van der Waals surface area contributed by atoms with Gasteiger partial charge in [-0.3, -0.25) is 9.78 Å². The Morgan fingerprint density at radius 2 is 1.92 bits per heavy atom. The second-order valence-electron chi connectivity index (χ2n) is 5.72. The van der Waals surface area contributed by atoms with Crippen molar-refractivity contribution in [2.75, 3.05) is 13.1 Å². The smallest absolute Gasteiger partial charge is 0.255 e. The van der Waals surface area contributed by atoms with Crippen molar-refractivity contribution < 1.29 is 9.32 Å². The SMILES string of the molecule is O=C(c1ccc(Cl)cc1Cl)N1CC(c2nc(-c3ccncc3)no2)C1. The Kier molecular flexibility index (Phi) is 4.15. The van der Waals surface area contributed by atoms with Gasteiger partial charge in [-0.2, -0.15) is 4.98 Å². The summed E-state index contributed by atoms with van der Waals surface area (Å²) in [6, 6.07) is 8.47. The molecule has 8 heteroatoms. The van der Waals surface area contributed by atoms with Gasteiger partial charge in [0, 0.05) is 36.1 Å². The molecule has 1 aliphatic rings. The number of carbonyl (C=O) groups is 1. The number of hydrogen-bond donors (Lipinski definition) is 0. The second-order valence-corrected chi connectivity index (χ2v) is 6.57. The van der Waals surface area contributed by atoms with Gasteiger partial charge in [0.05, 0.1) is 16.5 Å². The summed E-state index contributed by atoms with van der Waals surface area (Å²) >= 11 is 12.0. The first-order valence-electron chi connectivity index (χ1n) is 7.60. The molecular formula is C17H12Cl2N4O2. The number of carbonyl (C=O) groups excluding carboxylic acids is 1. The van der Waals surface area contributed by atoms with Gasteiger partial charge in [-0.15, -0.1) is 0 Å². The molecule has 0 bridgehead atoms. The van der Waals surface area contributed by atoms with Crippen molar-refractivity contribution in [3.05, 3.63) is 64.2 Å². The van der Waals surface area contributed by atoms with Gasteiger partial charge < -0.3 is 9.42 Å². The lowest BCUT2D eigenvalue weighted by Crippen LogP contribution is -2.48. The van der Waals surface area contributed by atoms with E-state index < -0.39 is 0 Å². The van der Waals surface area contributed by atoms with E-state index in [0.717, 1.165) is 5.56 Å². The van der Waals surface area contributed by atoms with Gasteiger partial charge in [-0.1, -0.05) is 28.4 Å². The van der Waals surface area contributed by atoms with E-state index in [9.17, 15) is 4.79 Å². The predicted octanol–water partition coefficient (Wildman–Crippen LogP) is 3.68. The van der Waals surface area contributed by atoms with E-state index in [1.807, 2.05) is 12.1 Å². The molecule has 0 unspecified atom stereocenters. The zero-order valence-corrected chi connectivity index (χ0v) is 14.4. The summed E-state index contributed by atoms with van der Waals surface area (Å²) in [5.74, 6) is 0.936. The maximum atomic E-state index is 12.5. The standard InChI is InChI=1S/C17H12Cl2N4O2/c18-12-1-2-13(14(19)7-12)17(24)23-8-11(9-23)16-21-15(22-25-16)10-3-5-20-6-4-10/h1-7,11H,8-9H2. The Labute approximate surface area is 153 Å². The van der Waals surface area contributed by atoms with Crippen molar-refractivity contribution in [2.24, 2.45) is 0 Å². The molecule has 0 atom stereocenters. The second kappa shape index (κ2) is 6.46. The van der Waals surface area contributed by atoms with E-state index in [1.54, 1.807) is 35.5 Å². The molecule has 0 saturated carbocycles. The maximum Gasteiger partial charge on any atom is 0.255 e. The van der Waals surface area contributed by atoms with Crippen LogP contribution in [0.1, 0.15) is 22.2 Å². The van der Waals surface area contributed by atoms with Crippen LogP contribution in [0.25, 0.3) is 11.4 Å². The maximum absolute atomic E-state index is 12.5. The van der Waals surface area contributed by atoms with Crippen molar-refractivity contribution in [2.45, 2.75) is 5.92 Å². The fourth-order valence-electron chi connectivity index (χ4n) is 2.65. The van der Waals surface area contributed by atoms with Crippen LogP contribution in [0.5, 0.6) is 0 Å². The van der Waals surface area contributed by atoms with E-state index in [4.69, 9.17) is 27.7 Å². The van der Waals surface area contributed by atoms with Crippen molar-refractivity contribution in [3.8, 4) is 11.4 Å². The monoisotopic (exact) mass is 374 g/mol. The minimum absolute atomic E-state index is 0.0260. The topological polar surface area (TPSA) is 72.1 Å². The van der Waals surface area contributed by atoms with E-state index in [2.05, 4.69) is 15.1 Å². The first-order chi connectivity index (χ1) is 12.1. The summed E-state index contributed by atoms with van der Waals surface area (Å²) in [5.41, 5.74) is 1.28. The lowest BCUT2D eigenvalue weighted by atomic mass is 9.98. The molecule has 0 spiro atoms. The number of benzene rings is 1. The Morgan fingerprint density at radius 1 is 1.16 bits per heavy atom. The summed E-state index contributed by atoms with van der Waals surface area (Å²) in [7, 11) is 0. The minimum atomic E-state index is -0.133. The summed E-state index contributed by atoms with van der Waals surface area (Å²) in [6.07, 6.45) is 3.34. The number of nitrogens with zero attached hydrogens (tertiary/aromatic N) is 4. The van der Waals surface area contributed by atoms with Crippen LogP contribution < -0.4 is 0 Å². The number of pyridine rings is 1. The molecule has 3 heterocycles. The minimum Gasteiger partial charge on any atom is -0.339 e. The highest BCUT2D eigenvalue weighted by Crippen LogP contribution is 2.30. The Morgan fingerprint density at radius 3 is 2.64 bits per heavy atom. The highest BCUT2D eigenvalue weighted by molar-refractivity contribution is 6.36. The molecule has 25 heavy (non-hydrogen) atoms. The molecule has 6 nitrogen and oxygen atoms in total. The van der Waals surface area contributed by atoms with Crippen LogP contribution in [0.2, 0.25) is 10.0 Å². The lowest BCUT2D eigenvalue weighted by molar-refractivity contribution is 0.0569. The van der Waals surface area contributed by atoms with E-state index in [-0.39, 0.29) is 11.8 Å². The van der Waals surface area contributed by atoms with Crippen LogP contribution >= 0.6 is 23.2 Å². The summed E-state index contributed by atoms with van der Waals surface area (Å²) in [6.45, 7) is 1.02. The van der Waals surface area contributed by atoms with Gasteiger partial charge >= 0.3 is 0 Å². The largest absolute Gasteiger partial charge is 0.339 e. The Balaban J connectivity index is 1.44. The number of likely N-dealkylation sites (tertiary alicyclic amines) is 1. The zero-order valence-electron chi connectivity index (χ0n) is 12.9. The first-order valence-corrected chi connectivity index (χ1v) is 8.36. The van der Waals surface area contributed by atoms with Crippen LogP contribution in [0.4, 0.5) is 0 Å². The molecule has 1 saturated heterocycles. The molecule has 2 aromatic heterocycles. The molecule has 0 N–H and O–H groups in total. The highest BCUT2D eigenvalue weighted by atomic mass is 35.5. The third kappa shape index (κ3) is 3.10. The third-order valence-corrected chi connectivity index (χ3v) is 4.61. The molecule has 0 radical (unpaired) electrons. The Hall–Kier alpha value is -2.44. The van der Waals surface area contributed by atoms with Crippen molar-refractivity contribution >= 4 is 29.1 Å². The summed E-state index contributed by atoms with van der Waals surface area (Å²) < 4.78 is 5.33. The quantitative estimate of drug-likeness (QED) is 0.698. The normalized spacial score (nSPS) is 14.4. The summed E-state index contributed by atoms with van der Waals surface area (Å²) in [5, 5.41) is 4.83. The zero-order chi connectivity index (χ0) is 17.4. The van der Waals surface area contributed by atoms with Crippen molar-refractivity contribution in [3.63, 3.8) is 0 Å². The third-order valence-electron chi connectivity index (χ3n) is 4.06. The molecule has 1 aromatic carbocycles. The molecule has 3 aromatic rings. The molecular weight excluding hydrogens is 363 g/mol. The average Bonchev–Trinajstić information content (AvgIpc) is 3.04. The van der Waals surface area contributed by atoms with Gasteiger partial charge in [0.1, 0.15) is 0 Å². The van der Waals surface area contributed by atoms with E-state index in [1.165, 1.54) is 0 Å². The lowest BCUT2D eigenvalue weighted by Gasteiger charge is -2.37. The van der Waals surface area contributed by atoms with Gasteiger partial charge in [0.2, 0.25) is 11.7 Å². The fourth-order valence-corrected chi connectivity index (χ4v) is 3.14. The number of hydrogen-bond acceptors (Lipinski definition) is 5. The average molecular weight is 375 g/mol. The van der Waals surface area contributed by atoms with E-state index in [0.29, 0.717) is 40.4 Å². The van der Waals surface area contributed by atoms with Crippen LogP contribution in [-0.4, -0.2) is 39.0 Å². The predicted molar refractivity (Wildman–Crippen MR) is 92.6 cm³/mol. The number of aromatic nitrogens is 3. The highest BCUT2D eigenvalue weighted by Gasteiger charge is 2.36. The van der Waals surface area contributed by atoms with Gasteiger partial charge in [0.25, 0.3) is 5.91 Å². The number of halogens is 2. The van der Waals surface area contributed by atoms with Gasteiger partial charge in [-0.25, -0.2) is 0 Å². The molecule has 0 aliphatic carbocycles. The molecule has 1 aliphatic heterocycles. The van der Waals surface area contributed by atoms with Gasteiger partial charge in [0.15, 0.2) is 0 Å². The van der Waals surface area contributed by atoms with Crippen LogP contribution in [0.3, 0.4) is 0 Å². The number of amides is 1. The van der Waals surface area contributed by atoms with Crippen molar-refractivity contribution in [1.29, 1.82) is 0 Å².